The van der Waals surface area contributed by atoms with Gasteiger partial charge in [0.2, 0.25) is 5.91 Å². The number of carbonyl (C=O) groups is 1. The van der Waals surface area contributed by atoms with Gasteiger partial charge in [0.25, 0.3) is 0 Å². The average molecular weight is 319 g/mol. The molecule has 1 aliphatic heterocycles. The molecule has 2 rings (SSSR count). The zero-order chi connectivity index (χ0) is 14.5. The van der Waals surface area contributed by atoms with Crippen LogP contribution < -0.4 is 11.1 Å². The Morgan fingerprint density at radius 3 is 2.75 bits per heavy atom. The molecule has 0 bridgehead atoms. The number of halogens is 2. The number of nitrogen functional groups attached to an aromatic ring is 1. The van der Waals surface area contributed by atoms with Crippen LogP contribution in [0.15, 0.2) is 12.1 Å². The molecule has 0 saturated carbocycles. The molecular formula is C13H16Cl2N2O3. The first-order chi connectivity index (χ1) is 9.56. The topological polar surface area (TPSA) is 73.6 Å². The second-order valence-corrected chi connectivity index (χ2v) is 5.33. The summed E-state index contributed by atoms with van der Waals surface area (Å²) < 4.78 is 10.7. The smallest absolute Gasteiger partial charge is 0.226 e. The number of amides is 1. The molecule has 0 spiro atoms. The van der Waals surface area contributed by atoms with Crippen molar-refractivity contribution in [3.8, 4) is 0 Å². The highest BCUT2D eigenvalue weighted by atomic mass is 35.5. The Kier molecular flexibility index (Phi) is 5.48. The molecule has 1 amide bonds. The quantitative estimate of drug-likeness (QED) is 0.819. The minimum absolute atomic E-state index is 0.0894. The van der Waals surface area contributed by atoms with Gasteiger partial charge < -0.3 is 20.5 Å². The van der Waals surface area contributed by atoms with E-state index in [2.05, 4.69) is 5.32 Å². The molecule has 1 heterocycles. The Labute approximate surface area is 127 Å². The number of rotatable bonds is 5. The Hall–Kier alpha value is -1.01. The van der Waals surface area contributed by atoms with E-state index < -0.39 is 0 Å². The maximum atomic E-state index is 11.8. The third-order valence-electron chi connectivity index (χ3n) is 2.90. The second kappa shape index (κ2) is 7.13. The van der Waals surface area contributed by atoms with Gasteiger partial charge in [-0.2, -0.15) is 0 Å². The van der Waals surface area contributed by atoms with E-state index in [-0.39, 0.29) is 18.4 Å². The first-order valence-electron chi connectivity index (χ1n) is 6.30. The monoisotopic (exact) mass is 318 g/mol. The second-order valence-electron chi connectivity index (χ2n) is 4.51. The molecule has 1 aliphatic rings. The lowest BCUT2D eigenvalue weighted by molar-refractivity contribution is -0.117. The van der Waals surface area contributed by atoms with E-state index >= 15 is 0 Å². The summed E-state index contributed by atoms with van der Waals surface area (Å²) in [6.07, 6.45) is 1.19. The fourth-order valence-electron chi connectivity index (χ4n) is 1.88. The van der Waals surface area contributed by atoms with Crippen molar-refractivity contribution >= 4 is 40.5 Å². The Balaban J connectivity index is 1.82. The van der Waals surface area contributed by atoms with E-state index in [1.54, 1.807) is 0 Å². The summed E-state index contributed by atoms with van der Waals surface area (Å²) in [4.78, 5) is 11.8. The molecule has 1 unspecified atom stereocenters. The SMILES string of the molecule is Nc1cc(Cl)c(NC(=O)CCOC2CCOC2)c(Cl)c1. The lowest BCUT2D eigenvalue weighted by Gasteiger charge is -2.12. The molecule has 0 aromatic heterocycles. The van der Waals surface area contributed by atoms with Crippen LogP contribution in [0.1, 0.15) is 12.8 Å². The lowest BCUT2D eigenvalue weighted by atomic mass is 10.2. The van der Waals surface area contributed by atoms with Gasteiger partial charge >= 0.3 is 0 Å². The van der Waals surface area contributed by atoms with Crippen molar-refractivity contribution in [2.45, 2.75) is 18.9 Å². The molecule has 7 heteroatoms. The van der Waals surface area contributed by atoms with Gasteiger partial charge in [-0.25, -0.2) is 0 Å². The minimum atomic E-state index is -0.211. The molecule has 5 nitrogen and oxygen atoms in total. The summed E-state index contributed by atoms with van der Waals surface area (Å²) in [5.41, 5.74) is 6.41. The van der Waals surface area contributed by atoms with E-state index in [9.17, 15) is 4.79 Å². The van der Waals surface area contributed by atoms with Gasteiger partial charge in [-0.3, -0.25) is 4.79 Å². The predicted molar refractivity (Wildman–Crippen MR) is 79.3 cm³/mol. The highest BCUT2D eigenvalue weighted by Gasteiger charge is 2.16. The fourth-order valence-corrected chi connectivity index (χ4v) is 2.48. The molecule has 20 heavy (non-hydrogen) atoms. The van der Waals surface area contributed by atoms with Crippen molar-refractivity contribution in [3.63, 3.8) is 0 Å². The van der Waals surface area contributed by atoms with Crippen LogP contribution in [-0.2, 0) is 14.3 Å². The number of nitrogens with one attached hydrogen (secondary N) is 1. The van der Waals surface area contributed by atoms with Gasteiger partial charge in [0.15, 0.2) is 0 Å². The van der Waals surface area contributed by atoms with Gasteiger partial charge in [-0.15, -0.1) is 0 Å². The molecule has 1 aromatic carbocycles. The largest absolute Gasteiger partial charge is 0.399 e. The summed E-state index contributed by atoms with van der Waals surface area (Å²) in [5.74, 6) is -0.211. The van der Waals surface area contributed by atoms with E-state index in [1.807, 2.05) is 0 Å². The lowest BCUT2D eigenvalue weighted by Crippen LogP contribution is -2.19. The Morgan fingerprint density at radius 1 is 1.45 bits per heavy atom. The Morgan fingerprint density at radius 2 is 2.15 bits per heavy atom. The number of benzene rings is 1. The highest BCUT2D eigenvalue weighted by Crippen LogP contribution is 2.32. The van der Waals surface area contributed by atoms with Crippen LogP contribution in [0.4, 0.5) is 11.4 Å². The molecule has 110 valence electrons. The summed E-state index contributed by atoms with van der Waals surface area (Å²) in [5, 5.41) is 3.29. The minimum Gasteiger partial charge on any atom is -0.399 e. The zero-order valence-corrected chi connectivity index (χ0v) is 12.3. The molecule has 1 fully saturated rings. The predicted octanol–water partition coefficient (Wildman–Crippen LogP) is 2.71. The summed E-state index contributed by atoms with van der Waals surface area (Å²) >= 11 is 12.0. The van der Waals surface area contributed by atoms with Crippen molar-refractivity contribution in [2.75, 3.05) is 30.9 Å². The standard InChI is InChI=1S/C13H16Cl2N2O3/c14-10-5-8(16)6-11(15)13(10)17-12(18)2-4-20-9-1-3-19-7-9/h5-6,9H,1-4,7,16H2,(H,17,18). The van der Waals surface area contributed by atoms with E-state index in [0.717, 1.165) is 6.42 Å². The summed E-state index contributed by atoms with van der Waals surface area (Å²) in [6, 6.07) is 3.07. The molecule has 1 saturated heterocycles. The van der Waals surface area contributed by atoms with Gasteiger partial charge in [0.1, 0.15) is 0 Å². The molecule has 0 aliphatic carbocycles. The van der Waals surface area contributed by atoms with E-state index in [4.69, 9.17) is 38.4 Å². The molecule has 3 N–H and O–H groups in total. The van der Waals surface area contributed by atoms with E-state index in [1.165, 1.54) is 12.1 Å². The average Bonchev–Trinajstić information content (AvgIpc) is 2.87. The number of anilines is 2. The molecule has 0 radical (unpaired) electrons. The zero-order valence-electron chi connectivity index (χ0n) is 10.8. The molecule has 1 atom stereocenters. The maximum Gasteiger partial charge on any atom is 0.226 e. The third-order valence-corrected chi connectivity index (χ3v) is 3.50. The van der Waals surface area contributed by atoms with Crippen molar-refractivity contribution in [3.05, 3.63) is 22.2 Å². The number of hydrogen-bond acceptors (Lipinski definition) is 4. The summed E-state index contributed by atoms with van der Waals surface area (Å²) in [7, 11) is 0. The van der Waals surface area contributed by atoms with Crippen molar-refractivity contribution in [1.29, 1.82) is 0 Å². The number of ether oxygens (including phenoxy) is 2. The third kappa shape index (κ3) is 4.24. The highest BCUT2D eigenvalue weighted by molar-refractivity contribution is 6.40. The first-order valence-corrected chi connectivity index (χ1v) is 7.05. The van der Waals surface area contributed by atoms with Crippen LogP contribution in [0.25, 0.3) is 0 Å². The van der Waals surface area contributed by atoms with Gasteiger partial charge in [-0.05, 0) is 18.6 Å². The molecular weight excluding hydrogens is 303 g/mol. The van der Waals surface area contributed by atoms with Crippen LogP contribution in [0.5, 0.6) is 0 Å². The van der Waals surface area contributed by atoms with Crippen molar-refractivity contribution < 1.29 is 14.3 Å². The van der Waals surface area contributed by atoms with Crippen LogP contribution in [0, 0.1) is 0 Å². The first kappa shape index (κ1) is 15.4. The van der Waals surface area contributed by atoms with Crippen LogP contribution in [0.3, 0.4) is 0 Å². The number of hydrogen-bond donors (Lipinski definition) is 2. The summed E-state index contributed by atoms with van der Waals surface area (Å²) in [6.45, 7) is 1.65. The van der Waals surface area contributed by atoms with Gasteiger partial charge in [0, 0.05) is 12.3 Å². The normalized spacial score (nSPS) is 18.2. The number of carbonyl (C=O) groups excluding carboxylic acids is 1. The fraction of sp³-hybridized carbons (Fsp3) is 0.462. The van der Waals surface area contributed by atoms with Gasteiger partial charge in [0.05, 0.1) is 41.5 Å². The number of nitrogens with two attached hydrogens (primary N) is 1. The Bertz CT molecular complexity index is 467. The van der Waals surface area contributed by atoms with Crippen LogP contribution in [0.2, 0.25) is 10.0 Å². The van der Waals surface area contributed by atoms with Crippen LogP contribution in [-0.4, -0.2) is 31.8 Å². The van der Waals surface area contributed by atoms with Crippen molar-refractivity contribution in [2.24, 2.45) is 0 Å². The van der Waals surface area contributed by atoms with Crippen LogP contribution >= 0.6 is 23.2 Å². The van der Waals surface area contributed by atoms with Crippen molar-refractivity contribution in [1.82, 2.24) is 0 Å². The maximum absolute atomic E-state index is 11.8. The van der Waals surface area contributed by atoms with Gasteiger partial charge in [-0.1, -0.05) is 23.2 Å². The molecule has 1 aromatic rings. The van der Waals surface area contributed by atoms with E-state index in [0.29, 0.717) is 41.2 Å².